The van der Waals surface area contributed by atoms with Crippen LogP contribution in [0.3, 0.4) is 0 Å². The molecule has 1 aromatic heterocycles. The fraction of sp³-hybridized carbons (Fsp3) is 0.273. The van der Waals surface area contributed by atoms with Crippen LogP contribution in [0.15, 0.2) is 40.8 Å². The molecule has 0 saturated carbocycles. The summed E-state index contributed by atoms with van der Waals surface area (Å²) in [5.41, 5.74) is 2.36. The molecular weight excluding hydrogens is 403 g/mol. The number of carbonyl (C=O) groups is 2. The van der Waals surface area contributed by atoms with Gasteiger partial charge in [0.05, 0.1) is 5.56 Å². The molecule has 3 aromatic rings. The van der Waals surface area contributed by atoms with E-state index in [1.54, 1.807) is 6.07 Å². The number of aromatic nitrogens is 2. The first kappa shape index (κ1) is 21.9. The molecule has 0 bridgehead atoms. The molecule has 2 N–H and O–H groups in total. The zero-order valence-corrected chi connectivity index (χ0v) is 17.7. The Bertz CT molecular complexity index is 1110. The minimum absolute atomic E-state index is 0.0274. The molecule has 31 heavy (non-hydrogen) atoms. The van der Waals surface area contributed by atoms with E-state index in [4.69, 9.17) is 9.15 Å². The van der Waals surface area contributed by atoms with Crippen molar-refractivity contribution in [2.24, 2.45) is 0 Å². The Balaban J connectivity index is 1.69. The van der Waals surface area contributed by atoms with Crippen molar-refractivity contribution in [3.05, 3.63) is 64.8 Å². The van der Waals surface area contributed by atoms with Gasteiger partial charge in [0.1, 0.15) is 11.6 Å². The normalized spacial score (nSPS) is 10.8. The highest BCUT2D eigenvalue weighted by molar-refractivity contribution is 6.03. The molecule has 1 heterocycles. The summed E-state index contributed by atoms with van der Waals surface area (Å²) in [5.74, 6) is -0.588. The van der Waals surface area contributed by atoms with E-state index in [-0.39, 0.29) is 35.9 Å². The maximum atomic E-state index is 13.7. The lowest BCUT2D eigenvalue weighted by Gasteiger charge is -2.17. The number of ether oxygens (including phenoxy) is 1. The van der Waals surface area contributed by atoms with Crippen LogP contribution in [0.1, 0.15) is 54.1 Å². The van der Waals surface area contributed by atoms with Crippen LogP contribution < -0.4 is 15.4 Å². The SMILES string of the molecule is CC(=O)Nc1cc(C)c(OCc2nnc(NC(=O)c3ccccc3F)o2)cc1C(C)C. The monoisotopic (exact) mass is 426 g/mol. The van der Waals surface area contributed by atoms with Gasteiger partial charge in [-0.15, -0.1) is 5.10 Å². The van der Waals surface area contributed by atoms with Gasteiger partial charge in [0.15, 0.2) is 6.61 Å². The summed E-state index contributed by atoms with van der Waals surface area (Å²) in [4.78, 5) is 23.6. The molecule has 0 atom stereocenters. The first-order chi connectivity index (χ1) is 14.7. The van der Waals surface area contributed by atoms with Crippen molar-refractivity contribution in [3.8, 4) is 5.75 Å². The third-order valence-electron chi connectivity index (χ3n) is 4.44. The molecule has 0 radical (unpaired) electrons. The van der Waals surface area contributed by atoms with Crippen molar-refractivity contribution < 1.29 is 23.1 Å². The van der Waals surface area contributed by atoms with Gasteiger partial charge in [-0.3, -0.25) is 14.9 Å². The lowest BCUT2D eigenvalue weighted by atomic mass is 9.98. The first-order valence-electron chi connectivity index (χ1n) is 9.67. The molecule has 0 fully saturated rings. The zero-order valence-electron chi connectivity index (χ0n) is 17.7. The Labute approximate surface area is 178 Å². The molecule has 0 saturated heterocycles. The number of halogens is 1. The van der Waals surface area contributed by atoms with Gasteiger partial charge < -0.3 is 14.5 Å². The van der Waals surface area contributed by atoms with Crippen LogP contribution in [0.5, 0.6) is 5.75 Å². The van der Waals surface area contributed by atoms with Gasteiger partial charge >= 0.3 is 6.01 Å². The molecule has 162 valence electrons. The molecule has 8 nitrogen and oxygen atoms in total. The van der Waals surface area contributed by atoms with E-state index in [1.165, 1.54) is 25.1 Å². The predicted molar refractivity (Wildman–Crippen MR) is 113 cm³/mol. The van der Waals surface area contributed by atoms with Gasteiger partial charge in [0.25, 0.3) is 11.8 Å². The first-order valence-corrected chi connectivity index (χ1v) is 9.67. The minimum atomic E-state index is -0.694. The third-order valence-corrected chi connectivity index (χ3v) is 4.44. The Morgan fingerprint density at radius 1 is 1.16 bits per heavy atom. The summed E-state index contributed by atoms with van der Waals surface area (Å²) >= 11 is 0. The van der Waals surface area contributed by atoms with E-state index in [0.29, 0.717) is 5.75 Å². The molecule has 3 rings (SSSR count). The van der Waals surface area contributed by atoms with Gasteiger partial charge in [-0.05, 0) is 48.2 Å². The number of carbonyl (C=O) groups excluding carboxylic acids is 2. The highest BCUT2D eigenvalue weighted by Crippen LogP contribution is 2.32. The number of rotatable bonds is 7. The number of benzene rings is 2. The molecule has 0 aliphatic heterocycles. The number of aryl methyl sites for hydroxylation is 1. The number of anilines is 2. The Kier molecular flexibility index (Phi) is 6.64. The van der Waals surface area contributed by atoms with Crippen LogP contribution >= 0.6 is 0 Å². The summed E-state index contributed by atoms with van der Waals surface area (Å²) in [6.45, 7) is 7.33. The Morgan fingerprint density at radius 3 is 2.58 bits per heavy atom. The molecule has 9 heteroatoms. The summed E-state index contributed by atoms with van der Waals surface area (Å²) in [5, 5.41) is 12.8. The van der Waals surface area contributed by atoms with Crippen molar-refractivity contribution in [3.63, 3.8) is 0 Å². The smallest absolute Gasteiger partial charge is 0.322 e. The van der Waals surface area contributed by atoms with Crippen LogP contribution in [-0.4, -0.2) is 22.0 Å². The van der Waals surface area contributed by atoms with Crippen molar-refractivity contribution in [2.45, 2.75) is 40.2 Å². The largest absolute Gasteiger partial charge is 0.484 e. The van der Waals surface area contributed by atoms with Crippen molar-refractivity contribution in [2.75, 3.05) is 10.6 Å². The maximum Gasteiger partial charge on any atom is 0.322 e. The van der Waals surface area contributed by atoms with Crippen molar-refractivity contribution >= 4 is 23.5 Å². The molecule has 0 aliphatic rings. The second-order valence-corrected chi connectivity index (χ2v) is 7.26. The van der Waals surface area contributed by atoms with E-state index >= 15 is 0 Å². The minimum Gasteiger partial charge on any atom is -0.484 e. The number of hydrogen-bond donors (Lipinski definition) is 2. The standard InChI is InChI=1S/C22H23FN4O4/c1-12(2)16-10-19(13(3)9-18(16)24-14(4)28)30-11-20-26-27-22(31-20)25-21(29)15-7-5-6-8-17(15)23/h5-10,12H,11H2,1-4H3,(H,24,28)(H,25,27,29). The Morgan fingerprint density at radius 2 is 1.90 bits per heavy atom. The Hall–Kier alpha value is -3.75. The average Bonchev–Trinajstić information content (AvgIpc) is 3.14. The number of amides is 2. The molecule has 0 unspecified atom stereocenters. The predicted octanol–water partition coefficient (Wildman–Crippen LogP) is 4.43. The van der Waals surface area contributed by atoms with Gasteiger partial charge in [0, 0.05) is 12.6 Å². The van der Waals surface area contributed by atoms with Gasteiger partial charge in [-0.2, -0.15) is 0 Å². The van der Waals surface area contributed by atoms with E-state index in [2.05, 4.69) is 20.8 Å². The number of nitrogens with zero attached hydrogens (tertiary/aromatic N) is 2. The van der Waals surface area contributed by atoms with Gasteiger partial charge in [-0.1, -0.05) is 31.1 Å². The zero-order chi connectivity index (χ0) is 22.5. The topological polar surface area (TPSA) is 106 Å². The quantitative estimate of drug-likeness (QED) is 0.579. The fourth-order valence-corrected chi connectivity index (χ4v) is 2.95. The molecule has 2 amide bonds. The van der Waals surface area contributed by atoms with Crippen molar-refractivity contribution in [1.29, 1.82) is 0 Å². The highest BCUT2D eigenvalue weighted by atomic mass is 19.1. The number of hydrogen-bond acceptors (Lipinski definition) is 6. The van der Waals surface area contributed by atoms with E-state index in [1.807, 2.05) is 32.9 Å². The lowest BCUT2D eigenvalue weighted by molar-refractivity contribution is -0.114. The van der Waals surface area contributed by atoms with Crippen LogP contribution in [0.4, 0.5) is 16.1 Å². The molecule has 2 aromatic carbocycles. The molecular formula is C22H23FN4O4. The van der Waals surface area contributed by atoms with Crippen LogP contribution in [-0.2, 0) is 11.4 Å². The average molecular weight is 426 g/mol. The second-order valence-electron chi connectivity index (χ2n) is 7.26. The summed E-state index contributed by atoms with van der Waals surface area (Å²) in [6, 6.07) is 9.13. The number of nitrogens with one attached hydrogen (secondary N) is 2. The fourth-order valence-electron chi connectivity index (χ4n) is 2.95. The lowest BCUT2D eigenvalue weighted by Crippen LogP contribution is -2.13. The van der Waals surface area contributed by atoms with E-state index in [9.17, 15) is 14.0 Å². The van der Waals surface area contributed by atoms with Crippen LogP contribution in [0.25, 0.3) is 0 Å². The molecule has 0 spiro atoms. The van der Waals surface area contributed by atoms with Gasteiger partial charge in [-0.25, -0.2) is 4.39 Å². The van der Waals surface area contributed by atoms with E-state index < -0.39 is 11.7 Å². The van der Waals surface area contributed by atoms with E-state index in [0.717, 1.165) is 16.8 Å². The second kappa shape index (κ2) is 9.38. The third kappa shape index (κ3) is 5.44. The van der Waals surface area contributed by atoms with Crippen LogP contribution in [0, 0.1) is 12.7 Å². The van der Waals surface area contributed by atoms with Gasteiger partial charge in [0.2, 0.25) is 5.91 Å². The maximum absolute atomic E-state index is 13.7. The van der Waals surface area contributed by atoms with Crippen LogP contribution in [0.2, 0.25) is 0 Å². The summed E-state index contributed by atoms with van der Waals surface area (Å²) in [7, 11) is 0. The summed E-state index contributed by atoms with van der Waals surface area (Å²) in [6.07, 6.45) is 0. The summed E-state index contributed by atoms with van der Waals surface area (Å²) < 4.78 is 24.9. The molecule has 0 aliphatic carbocycles. The highest BCUT2D eigenvalue weighted by Gasteiger charge is 2.16. The van der Waals surface area contributed by atoms with Crippen molar-refractivity contribution in [1.82, 2.24) is 10.2 Å².